The molecule has 0 unspecified atom stereocenters. The van der Waals surface area contributed by atoms with Crippen LogP contribution >= 0.6 is 34.8 Å². The highest BCUT2D eigenvalue weighted by atomic mass is 35.5. The van der Waals surface area contributed by atoms with Crippen LogP contribution in [0.25, 0.3) is 11.1 Å². The summed E-state index contributed by atoms with van der Waals surface area (Å²) in [6, 6.07) is 4.05. The van der Waals surface area contributed by atoms with Crippen LogP contribution in [-0.2, 0) is 0 Å². The fraction of sp³-hybridized carbons (Fsp3) is 0. The summed E-state index contributed by atoms with van der Waals surface area (Å²) in [6.45, 7) is 0. The van der Waals surface area contributed by atoms with E-state index in [-0.39, 0.29) is 26.4 Å². The van der Waals surface area contributed by atoms with Gasteiger partial charge in [0.2, 0.25) is 5.95 Å². The second-order valence-corrected chi connectivity index (χ2v) is 4.50. The van der Waals surface area contributed by atoms with Crippen LogP contribution < -0.4 is 0 Å². The number of pyridine rings is 1. The molecule has 2 nitrogen and oxygen atoms in total. The maximum atomic E-state index is 13.5. The van der Waals surface area contributed by atoms with Crippen LogP contribution in [0.2, 0.25) is 15.1 Å². The third-order valence-corrected chi connectivity index (χ3v) is 3.16. The van der Waals surface area contributed by atoms with E-state index in [0.717, 1.165) is 6.20 Å². The van der Waals surface area contributed by atoms with Crippen LogP contribution in [0.5, 0.6) is 5.75 Å². The van der Waals surface area contributed by atoms with Gasteiger partial charge in [0, 0.05) is 11.1 Å². The summed E-state index contributed by atoms with van der Waals surface area (Å²) in [7, 11) is 0. The number of hydrogen-bond donors (Lipinski definition) is 1. The van der Waals surface area contributed by atoms with Crippen LogP contribution in [0.1, 0.15) is 0 Å². The molecule has 2 rings (SSSR count). The summed E-state index contributed by atoms with van der Waals surface area (Å²) in [5.41, 5.74) is 0.385. The monoisotopic (exact) mass is 291 g/mol. The van der Waals surface area contributed by atoms with Crippen molar-refractivity contribution in [1.29, 1.82) is 0 Å². The van der Waals surface area contributed by atoms with Gasteiger partial charge in [-0.1, -0.05) is 34.8 Å². The van der Waals surface area contributed by atoms with Crippen molar-refractivity contribution in [3.63, 3.8) is 0 Å². The molecule has 0 radical (unpaired) electrons. The molecule has 17 heavy (non-hydrogen) atoms. The van der Waals surface area contributed by atoms with Crippen molar-refractivity contribution >= 4 is 34.8 Å². The van der Waals surface area contributed by atoms with E-state index >= 15 is 0 Å². The van der Waals surface area contributed by atoms with Crippen molar-refractivity contribution in [2.75, 3.05) is 0 Å². The molecular weight excluding hydrogens is 287 g/mol. The van der Waals surface area contributed by atoms with Gasteiger partial charge in [0.05, 0.1) is 21.3 Å². The van der Waals surface area contributed by atoms with Gasteiger partial charge in [-0.3, -0.25) is 0 Å². The molecule has 1 heterocycles. The lowest BCUT2D eigenvalue weighted by Crippen LogP contribution is -1.89. The number of halogens is 4. The molecule has 0 atom stereocenters. The summed E-state index contributed by atoms with van der Waals surface area (Å²) >= 11 is 17.5. The van der Waals surface area contributed by atoms with E-state index in [2.05, 4.69) is 4.98 Å². The molecule has 2 aromatic rings. The molecular formula is C11H5Cl3FNO. The van der Waals surface area contributed by atoms with Gasteiger partial charge in [-0.15, -0.1) is 0 Å². The van der Waals surface area contributed by atoms with Crippen molar-refractivity contribution in [1.82, 2.24) is 4.98 Å². The van der Waals surface area contributed by atoms with Gasteiger partial charge in [0.15, 0.2) is 0 Å². The molecule has 0 aliphatic carbocycles. The fourth-order valence-electron chi connectivity index (χ4n) is 1.35. The smallest absolute Gasteiger partial charge is 0.221 e. The lowest BCUT2D eigenvalue weighted by molar-refractivity contribution is 0.467. The van der Waals surface area contributed by atoms with Gasteiger partial charge >= 0.3 is 0 Å². The lowest BCUT2D eigenvalue weighted by Gasteiger charge is -2.07. The van der Waals surface area contributed by atoms with E-state index in [1.807, 2.05) is 0 Å². The third kappa shape index (κ3) is 2.46. The Morgan fingerprint density at radius 1 is 0.941 bits per heavy atom. The molecule has 0 saturated carbocycles. The Labute approximate surface area is 112 Å². The Morgan fingerprint density at radius 2 is 1.59 bits per heavy atom. The van der Waals surface area contributed by atoms with Crippen molar-refractivity contribution in [2.45, 2.75) is 0 Å². The van der Waals surface area contributed by atoms with Crippen LogP contribution in [0.4, 0.5) is 4.39 Å². The first-order valence-electron chi connectivity index (χ1n) is 4.48. The Kier molecular flexibility index (Phi) is 3.43. The molecule has 0 fully saturated rings. The highest BCUT2D eigenvalue weighted by Crippen LogP contribution is 2.36. The van der Waals surface area contributed by atoms with Gasteiger partial charge in [0.1, 0.15) is 5.75 Å². The topological polar surface area (TPSA) is 33.1 Å². The normalized spacial score (nSPS) is 10.6. The molecule has 6 heteroatoms. The molecule has 0 spiro atoms. The summed E-state index contributed by atoms with van der Waals surface area (Å²) < 4.78 is 13.5. The van der Waals surface area contributed by atoms with Crippen molar-refractivity contribution in [3.05, 3.63) is 45.4 Å². The highest BCUT2D eigenvalue weighted by molar-refractivity contribution is 6.44. The predicted molar refractivity (Wildman–Crippen MR) is 66.3 cm³/mol. The van der Waals surface area contributed by atoms with E-state index in [1.54, 1.807) is 0 Å². The minimum atomic E-state index is -0.747. The molecule has 0 aliphatic heterocycles. The number of hydrogen-bond acceptors (Lipinski definition) is 2. The van der Waals surface area contributed by atoms with Gasteiger partial charge in [0.25, 0.3) is 0 Å². The van der Waals surface area contributed by atoms with Gasteiger partial charge in [-0.05, 0) is 18.2 Å². The predicted octanol–water partition coefficient (Wildman–Crippen LogP) is 4.55. The molecule has 1 N–H and O–H groups in total. The number of nitrogens with zero attached hydrogens (tertiary/aromatic N) is 1. The van der Waals surface area contributed by atoms with Crippen molar-refractivity contribution < 1.29 is 9.50 Å². The van der Waals surface area contributed by atoms with Crippen LogP contribution in [0.15, 0.2) is 24.4 Å². The lowest BCUT2D eigenvalue weighted by atomic mass is 10.1. The molecule has 0 bridgehead atoms. The van der Waals surface area contributed by atoms with E-state index in [1.165, 1.54) is 18.2 Å². The molecule has 0 aliphatic rings. The summed E-state index contributed by atoms with van der Waals surface area (Å²) in [6.07, 6.45) is 1.00. The average Bonchev–Trinajstić information content (AvgIpc) is 2.27. The summed E-state index contributed by atoms with van der Waals surface area (Å²) in [5.74, 6) is -0.911. The standard InChI is InChI=1S/C11H5Cl3FNO/c12-8-3-10(14)9(13)2-6(8)7-1-5(17)4-16-11(7)15/h1-4,17H. The Hall–Kier alpha value is -1.03. The molecule has 0 amide bonds. The van der Waals surface area contributed by atoms with E-state index in [9.17, 15) is 9.50 Å². The first kappa shape index (κ1) is 12.4. The fourth-order valence-corrected chi connectivity index (χ4v) is 2.00. The molecule has 0 saturated heterocycles. The number of aromatic hydroxyl groups is 1. The van der Waals surface area contributed by atoms with E-state index < -0.39 is 5.95 Å². The minimum absolute atomic E-state index is 0.0635. The maximum Gasteiger partial charge on any atom is 0.221 e. The van der Waals surface area contributed by atoms with E-state index in [0.29, 0.717) is 5.56 Å². The Morgan fingerprint density at radius 3 is 2.29 bits per heavy atom. The highest BCUT2D eigenvalue weighted by Gasteiger charge is 2.13. The second-order valence-electron chi connectivity index (χ2n) is 3.28. The number of benzene rings is 1. The Bertz CT molecular complexity index is 589. The summed E-state index contributed by atoms with van der Waals surface area (Å²) in [4.78, 5) is 3.40. The van der Waals surface area contributed by atoms with Crippen LogP contribution in [0, 0.1) is 5.95 Å². The van der Waals surface area contributed by atoms with Gasteiger partial charge in [-0.25, -0.2) is 4.98 Å². The molecule has 1 aromatic heterocycles. The minimum Gasteiger partial charge on any atom is -0.506 e. The quantitative estimate of drug-likeness (QED) is 0.617. The Balaban J connectivity index is 2.68. The van der Waals surface area contributed by atoms with Gasteiger partial charge < -0.3 is 5.11 Å². The zero-order valence-corrected chi connectivity index (χ0v) is 10.5. The zero-order valence-electron chi connectivity index (χ0n) is 8.22. The van der Waals surface area contributed by atoms with E-state index in [4.69, 9.17) is 34.8 Å². The molecule has 88 valence electrons. The average molecular weight is 293 g/mol. The zero-order chi connectivity index (χ0) is 12.6. The van der Waals surface area contributed by atoms with Crippen LogP contribution in [-0.4, -0.2) is 10.1 Å². The largest absolute Gasteiger partial charge is 0.506 e. The first-order chi connectivity index (χ1) is 7.99. The SMILES string of the molecule is Oc1cnc(F)c(-c2cc(Cl)c(Cl)cc2Cl)c1. The van der Waals surface area contributed by atoms with Crippen molar-refractivity contribution in [2.24, 2.45) is 0 Å². The number of rotatable bonds is 1. The summed E-state index contributed by atoms with van der Waals surface area (Å²) in [5, 5.41) is 10.0. The number of aromatic nitrogens is 1. The van der Waals surface area contributed by atoms with Crippen LogP contribution in [0.3, 0.4) is 0 Å². The van der Waals surface area contributed by atoms with Crippen molar-refractivity contribution in [3.8, 4) is 16.9 Å². The first-order valence-corrected chi connectivity index (χ1v) is 5.62. The molecule has 1 aromatic carbocycles. The van der Waals surface area contributed by atoms with Gasteiger partial charge in [-0.2, -0.15) is 4.39 Å². The third-order valence-electron chi connectivity index (χ3n) is 2.12. The maximum absolute atomic E-state index is 13.5. The second kappa shape index (κ2) is 4.69.